The molecule has 118 valence electrons. The SMILES string of the molecule is O=C(Nc1cccc(N2CCNC2=O)c1)N1CCCCCC1. The van der Waals surface area contributed by atoms with E-state index in [-0.39, 0.29) is 12.1 Å². The second-order valence-corrected chi connectivity index (χ2v) is 5.77. The predicted molar refractivity (Wildman–Crippen MR) is 86.2 cm³/mol. The summed E-state index contributed by atoms with van der Waals surface area (Å²) in [6.45, 7) is 2.95. The lowest BCUT2D eigenvalue weighted by Crippen LogP contribution is -2.35. The molecule has 4 amide bonds. The van der Waals surface area contributed by atoms with Gasteiger partial charge in [0.15, 0.2) is 0 Å². The van der Waals surface area contributed by atoms with Crippen molar-refractivity contribution in [2.75, 3.05) is 36.4 Å². The molecule has 0 bridgehead atoms. The first-order valence-corrected chi connectivity index (χ1v) is 7.95. The highest BCUT2D eigenvalue weighted by molar-refractivity contribution is 5.95. The van der Waals surface area contributed by atoms with Gasteiger partial charge in [-0.3, -0.25) is 4.90 Å². The van der Waals surface area contributed by atoms with Crippen LogP contribution in [0.15, 0.2) is 24.3 Å². The highest BCUT2D eigenvalue weighted by atomic mass is 16.2. The van der Waals surface area contributed by atoms with E-state index in [0.29, 0.717) is 13.1 Å². The van der Waals surface area contributed by atoms with E-state index in [9.17, 15) is 9.59 Å². The smallest absolute Gasteiger partial charge is 0.321 e. The van der Waals surface area contributed by atoms with Crippen LogP contribution in [0.2, 0.25) is 0 Å². The van der Waals surface area contributed by atoms with Crippen molar-refractivity contribution in [3.05, 3.63) is 24.3 Å². The summed E-state index contributed by atoms with van der Waals surface area (Å²) in [6.07, 6.45) is 4.54. The maximum Gasteiger partial charge on any atom is 0.321 e. The Balaban J connectivity index is 1.67. The van der Waals surface area contributed by atoms with Crippen LogP contribution in [0.5, 0.6) is 0 Å². The summed E-state index contributed by atoms with van der Waals surface area (Å²) in [6, 6.07) is 7.31. The molecule has 1 aromatic rings. The number of rotatable bonds is 2. The first-order valence-electron chi connectivity index (χ1n) is 7.95. The van der Waals surface area contributed by atoms with E-state index >= 15 is 0 Å². The number of anilines is 2. The normalized spacial score (nSPS) is 18.8. The lowest BCUT2D eigenvalue weighted by molar-refractivity contribution is 0.214. The zero-order valence-electron chi connectivity index (χ0n) is 12.7. The molecule has 0 saturated carbocycles. The lowest BCUT2D eigenvalue weighted by atomic mass is 10.2. The minimum Gasteiger partial charge on any atom is -0.336 e. The van der Waals surface area contributed by atoms with Crippen LogP contribution in [0.25, 0.3) is 0 Å². The molecule has 6 nitrogen and oxygen atoms in total. The lowest BCUT2D eigenvalue weighted by Gasteiger charge is -2.21. The highest BCUT2D eigenvalue weighted by Crippen LogP contribution is 2.21. The number of carbonyl (C=O) groups excluding carboxylic acids is 2. The number of nitrogens with one attached hydrogen (secondary N) is 2. The Kier molecular flexibility index (Phi) is 4.46. The van der Waals surface area contributed by atoms with Crippen molar-refractivity contribution in [2.24, 2.45) is 0 Å². The van der Waals surface area contributed by atoms with E-state index in [2.05, 4.69) is 10.6 Å². The molecule has 2 fully saturated rings. The van der Waals surface area contributed by atoms with Gasteiger partial charge in [0.1, 0.15) is 0 Å². The standard InChI is InChI=1S/C16H22N4O2/c21-15-17-8-11-20(15)14-7-5-6-13(12-14)18-16(22)19-9-3-1-2-4-10-19/h5-7,12H,1-4,8-11H2,(H,17,21)(H,18,22). The van der Waals surface area contributed by atoms with Crippen LogP contribution in [0.3, 0.4) is 0 Å². The van der Waals surface area contributed by atoms with Crippen molar-refractivity contribution in [1.29, 1.82) is 0 Å². The van der Waals surface area contributed by atoms with Crippen LogP contribution in [0, 0.1) is 0 Å². The number of benzene rings is 1. The maximum atomic E-state index is 12.3. The third-order valence-corrected chi connectivity index (χ3v) is 4.16. The average molecular weight is 302 g/mol. The van der Waals surface area contributed by atoms with Crippen LogP contribution >= 0.6 is 0 Å². The topological polar surface area (TPSA) is 64.7 Å². The number of hydrogen-bond acceptors (Lipinski definition) is 2. The van der Waals surface area contributed by atoms with Gasteiger partial charge in [0, 0.05) is 37.6 Å². The molecule has 2 heterocycles. The monoisotopic (exact) mass is 302 g/mol. The number of urea groups is 2. The number of likely N-dealkylation sites (tertiary alicyclic amines) is 1. The summed E-state index contributed by atoms with van der Waals surface area (Å²) in [7, 11) is 0. The van der Waals surface area contributed by atoms with E-state index in [0.717, 1.165) is 37.3 Å². The Morgan fingerprint density at radius 3 is 2.55 bits per heavy atom. The summed E-state index contributed by atoms with van der Waals surface area (Å²) >= 11 is 0. The molecule has 0 aromatic heterocycles. The second kappa shape index (κ2) is 6.68. The van der Waals surface area contributed by atoms with Gasteiger partial charge < -0.3 is 15.5 Å². The van der Waals surface area contributed by atoms with Crippen LogP contribution in [0.1, 0.15) is 25.7 Å². The molecule has 22 heavy (non-hydrogen) atoms. The molecule has 0 radical (unpaired) electrons. The van der Waals surface area contributed by atoms with Crippen molar-refractivity contribution in [3.8, 4) is 0 Å². The van der Waals surface area contributed by atoms with Crippen molar-refractivity contribution in [1.82, 2.24) is 10.2 Å². The fraction of sp³-hybridized carbons (Fsp3) is 0.500. The average Bonchev–Trinajstić information content (AvgIpc) is 2.78. The quantitative estimate of drug-likeness (QED) is 0.882. The molecule has 2 N–H and O–H groups in total. The molecule has 1 aromatic carbocycles. The zero-order chi connectivity index (χ0) is 15.4. The van der Waals surface area contributed by atoms with Gasteiger partial charge in [-0.25, -0.2) is 9.59 Å². The van der Waals surface area contributed by atoms with Gasteiger partial charge >= 0.3 is 12.1 Å². The van der Waals surface area contributed by atoms with E-state index in [4.69, 9.17) is 0 Å². The highest BCUT2D eigenvalue weighted by Gasteiger charge is 2.21. The molecule has 2 saturated heterocycles. The molecule has 0 spiro atoms. The van der Waals surface area contributed by atoms with E-state index in [1.165, 1.54) is 12.8 Å². The van der Waals surface area contributed by atoms with E-state index in [1.807, 2.05) is 29.2 Å². The summed E-state index contributed by atoms with van der Waals surface area (Å²) in [5, 5.41) is 5.73. The Hall–Kier alpha value is -2.24. The molecule has 0 atom stereocenters. The van der Waals surface area contributed by atoms with Gasteiger partial charge in [-0.1, -0.05) is 18.9 Å². The van der Waals surface area contributed by atoms with Crippen LogP contribution in [-0.4, -0.2) is 43.1 Å². The van der Waals surface area contributed by atoms with Crippen molar-refractivity contribution in [3.63, 3.8) is 0 Å². The number of amides is 4. The molecule has 3 rings (SSSR count). The summed E-state index contributed by atoms with van der Waals surface area (Å²) in [5.74, 6) is 0. The van der Waals surface area contributed by atoms with Crippen LogP contribution in [-0.2, 0) is 0 Å². The van der Waals surface area contributed by atoms with Crippen LogP contribution < -0.4 is 15.5 Å². The fourth-order valence-electron chi connectivity index (χ4n) is 2.95. The summed E-state index contributed by atoms with van der Waals surface area (Å²) < 4.78 is 0. The Labute approximate surface area is 130 Å². The minimum absolute atomic E-state index is 0.0510. The third kappa shape index (κ3) is 3.32. The van der Waals surface area contributed by atoms with Gasteiger partial charge in [0.05, 0.1) is 0 Å². The van der Waals surface area contributed by atoms with Gasteiger partial charge in [0.25, 0.3) is 0 Å². The number of hydrogen-bond donors (Lipinski definition) is 2. The molecular formula is C16H22N4O2. The Morgan fingerprint density at radius 1 is 1.09 bits per heavy atom. The van der Waals surface area contributed by atoms with Crippen molar-refractivity contribution < 1.29 is 9.59 Å². The van der Waals surface area contributed by atoms with Gasteiger partial charge in [0.2, 0.25) is 0 Å². The first-order chi connectivity index (χ1) is 10.7. The van der Waals surface area contributed by atoms with E-state index < -0.39 is 0 Å². The van der Waals surface area contributed by atoms with Gasteiger partial charge in [-0.05, 0) is 31.0 Å². The molecule has 6 heteroatoms. The zero-order valence-corrected chi connectivity index (χ0v) is 12.7. The van der Waals surface area contributed by atoms with Gasteiger partial charge in [-0.15, -0.1) is 0 Å². The molecule has 0 aliphatic carbocycles. The largest absolute Gasteiger partial charge is 0.336 e. The molecule has 2 aliphatic rings. The first kappa shape index (κ1) is 14.7. The Bertz CT molecular complexity index is 553. The van der Waals surface area contributed by atoms with Crippen molar-refractivity contribution in [2.45, 2.75) is 25.7 Å². The predicted octanol–water partition coefficient (Wildman–Crippen LogP) is 2.62. The maximum absolute atomic E-state index is 12.3. The third-order valence-electron chi connectivity index (χ3n) is 4.16. The van der Waals surface area contributed by atoms with Crippen LogP contribution in [0.4, 0.5) is 21.0 Å². The van der Waals surface area contributed by atoms with Gasteiger partial charge in [-0.2, -0.15) is 0 Å². The van der Waals surface area contributed by atoms with Crippen molar-refractivity contribution >= 4 is 23.4 Å². The molecular weight excluding hydrogens is 280 g/mol. The Morgan fingerprint density at radius 2 is 1.86 bits per heavy atom. The summed E-state index contributed by atoms with van der Waals surface area (Å²) in [5.41, 5.74) is 1.54. The number of nitrogens with zero attached hydrogens (tertiary/aromatic N) is 2. The summed E-state index contributed by atoms with van der Waals surface area (Å²) in [4.78, 5) is 27.6. The fourth-order valence-corrected chi connectivity index (χ4v) is 2.95. The molecule has 2 aliphatic heterocycles. The number of carbonyl (C=O) groups is 2. The minimum atomic E-state index is -0.0870. The second-order valence-electron chi connectivity index (χ2n) is 5.77. The van der Waals surface area contributed by atoms with E-state index in [1.54, 1.807) is 4.90 Å². The molecule has 0 unspecified atom stereocenters.